The summed E-state index contributed by atoms with van der Waals surface area (Å²) >= 11 is 0. The van der Waals surface area contributed by atoms with Gasteiger partial charge in [-0.05, 0) is 66.6 Å². The minimum Gasteiger partial charge on any atom is -0.390 e. The van der Waals surface area contributed by atoms with E-state index in [1.807, 2.05) is 43.3 Å². The molecule has 4 rings (SSSR count). The Balaban J connectivity index is 1.53. The van der Waals surface area contributed by atoms with Gasteiger partial charge in [0.1, 0.15) is 0 Å². The molecule has 3 N–H and O–H groups in total. The number of aliphatic hydroxyl groups excluding tert-OH is 1. The van der Waals surface area contributed by atoms with Gasteiger partial charge in [0.25, 0.3) is 5.91 Å². The molecule has 1 fully saturated rings. The Morgan fingerprint density at radius 2 is 1.70 bits per heavy atom. The summed E-state index contributed by atoms with van der Waals surface area (Å²) in [5.41, 5.74) is 2.16. The first-order chi connectivity index (χ1) is 21.0. The molecular weight excluding hydrogens is 591 g/mol. The lowest BCUT2D eigenvalue weighted by molar-refractivity contribution is -0.137. The molecule has 0 bridgehead atoms. The van der Waals surface area contributed by atoms with Crippen LogP contribution in [-0.4, -0.2) is 50.4 Å². The van der Waals surface area contributed by atoms with Crippen LogP contribution < -0.4 is 14.9 Å². The Bertz CT molecular complexity index is 1500. The molecular formula is C33H40F3N3O4S. The first-order valence-electron chi connectivity index (χ1n) is 15.0. The van der Waals surface area contributed by atoms with Crippen molar-refractivity contribution < 1.29 is 31.5 Å². The molecule has 7 nitrogen and oxygen atoms in total. The van der Waals surface area contributed by atoms with Gasteiger partial charge in [0, 0.05) is 25.2 Å². The molecule has 44 heavy (non-hydrogen) atoms. The van der Waals surface area contributed by atoms with Gasteiger partial charge in [-0.25, -0.2) is 8.42 Å². The summed E-state index contributed by atoms with van der Waals surface area (Å²) in [6.45, 7) is 2.47. The largest absolute Gasteiger partial charge is 0.416 e. The predicted octanol–water partition coefficient (Wildman–Crippen LogP) is 5.47. The highest BCUT2D eigenvalue weighted by Crippen LogP contribution is 2.30. The van der Waals surface area contributed by atoms with Gasteiger partial charge in [-0.15, -0.1) is 0 Å². The van der Waals surface area contributed by atoms with Crippen LogP contribution in [0.25, 0.3) is 0 Å². The molecule has 1 heterocycles. The van der Waals surface area contributed by atoms with Crippen LogP contribution in [0.2, 0.25) is 0 Å². The summed E-state index contributed by atoms with van der Waals surface area (Å²) < 4.78 is 66.8. The number of anilines is 1. The molecule has 1 amide bonds. The molecule has 1 saturated heterocycles. The lowest BCUT2D eigenvalue weighted by Crippen LogP contribution is -2.48. The molecule has 0 aliphatic carbocycles. The zero-order valence-electron chi connectivity index (χ0n) is 24.8. The van der Waals surface area contributed by atoms with Gasteiger partial charge in [0.15, 0.2) is 0 Å². The molecule has 238 valence electrons. The monoisotopic (exact) mass is 631 g/mol. The maximum atomic E-state index is 13.7. The maximum absolute atomic E-state index is 13.7. The van der Waals surface area contributed by atoms with Crippen LogP contribution in [0.5, 0.6) is 0 Å². The minimum atomic E-state index is -4.45. The Hall–Kier alpha value is -3.41. The number of sulfonamides is 1. The number of amides is 1. The van der Waals surface area contributed by atoms with Crippen molar-refractivity contribution in [1.29, 1.82) is 0 Å². The molecule has 3 aromatic rings. The predicted molar refractivity (Wildman–Crippen MR) is 166 cm³/mol. The topological polar surface area (TPSA) is 98.7 Å². The van der Waals surface area contributed by atoms with Crippen molar-refractivity contribution in [3.63, 3.8) is 0 Å². The number of nitrogens with one attached hydrogen (secondary N) is 2. The van der Waals surface area contributed by atoms with E-state index in [4.69, 9.17) is 0 Å². The maximum Gasteiger partial charge on any atom is 0.416 e. The quantitative estimate of drug-likeness (QED) is 0.246. The summed E-state index contributed by atoms with van der Waals surface area (Å²) in [5.74, 6) is -0.389. The third-order valence-electron chi connectivity index (χ3n) is 7.68. The van der Waals surface area contributed by atoms with Crippen LogP contribution in [0.1, 0.15) is 65.2 Å². The van der Waals surface area contributed by atoms with E-state index in [1.165, 1.54) is 10.4 Å². The fourth-order valence-corrected chi connectivity index (χ4v) is 7.03. The van der Waals surface area contributed by atoms with Crippen LogP contribution in [0, 0.1) is 0 Å². The smallest absolute Gasteiger partial charge is 0.390 e. The van der Waals surface area contributed by atoms with Gasteiger partial charge in [-0.1, -0.05) is 68.3 Å². The molecule has 0 radical (unpaired) electrons. The fraction of sp³-hybridized carbons (Fsp3) is 0.424. The van der Waals surface area contributed by atoms with Crippen molar-refractivity contribution in [3.05, 3.63) is 101 Å². The van der Waals surface area contributed by atoms with E-state index in [1.54, 1.807) is 18.2 Å². The number of halogens is 3. The van der Waals surface area contributed by atoms with Gasteiger partial charge in [0.05, 0.1) is 29.1 Å². The van der Waals surface area contributed by atoms with Gasteiger partial charge in [-0.3, -0.25) is 9.10 Å². The van der Waals surface area contributed by atoms with E-state index in [0.29, 0.717) is 42.6 Å². The van der Waals surface area contributed by atoms with Crippen LogP contribution >= 0.6 is 0 Å². The van der Waals surface area contributed by atoms with Crippen molar-refractivity contribution in [3.8, 4) is 0 Å². The normalized spacial score (nSPS) is 16.6. The Morgan fingerprint density at radius 3 is 2.43 bits per heavy atom. The number of carbonyl (C=O) groups excluding carboxylic acids is 1. The summed E-state index contributed by atoms with van der Waals surface area (Å²) in [5, 5.41) is 17.1. The average molecular weight is 632 g/mol. The first-order valence-corrected chi connectivity index (χ1v) is 16.6. The number of carbonyl (C=O) groups is 1. The van der Waals surface area contributed by atoms with E-state index in [0.717, 1.165) is 42.5 Å². The Kier molecular flexibility index (Phi) is 11.5. The molecule has 0 saturated carbocycles. The highest BCUT2D eigenvalue weighted by atomic mass is 32.2. The third kappa shape index (κ3) is 9.30. The van der Waals surface area contributed by atoms with E-state index in [9.17, 15) is 31.5 Å². The Labute approximate surface area is 257 Å². The van der Waals surface area contributed by atoms with E-state index >= 15 is 0 Å². The second-order valence-electron chi connectivity index (χ2n) is 11.3. The summed E-state index contributed by atoms with van der Waals surface area (Å²) in [6.07, 6.45) is -1.60. The number of aryl methyl sites for hydroxylation is 1. The minimum absolute atomic E-state index is 0.0151. The summed E-state index contributed by atoms with van der Waals surface area (Å²) in [7, 11) is -3.52. The van der Waals surface area contributed by atoms with Crippen molar-refractivity contribution in [2.75, 3.05) is 23.1 Å². The average Bonchev–Trinajstić information content (AvgIpc) is 3.17. The van der Waals surface area contributed by atoms with Crippen LogP contribution in [0.4, 0.5) is 18.9 Å². The number of aliphatic hydroxyl groups is 1. The van der Waals surface area contributed by atoms with Crippen molar-refractivity contribution in [2.45, 2.75) is 70.3 Å². The van der Waals surface area contributed by atoms with E-state index < -0.39 is 39.8 Å². The molecule has 1 aliphatic rings. The molecule has 11 heteroatoms. The third-order valence-corrected chi connectivity index (χ3v) is 9.55. The van der Waals surface area contributed by atoms with Gasteiger partial charge < -0.3 is 15.7 Å². The SMILES string of the molecule is CCCc1cc(C(=O)N[C@@H](Cc2ccccc2)[C@H](O)CNCc2cccc(C(F)(F)F)c2)cc(N2CCCCCS2(=O)=O)c1. The van der Waals surface area contributed by atoms with Gasteiger partial charge >= 0.3 is 6.18 Å². The number of nitrogens with zero attached hydrogens (tertiary/aromatic N) is 1. The number of rotatable bonds is 12. The first kappa shape index (κ1) is 33.5. The van der Waals surface area contributed by atoms with E-state index in [2.05, 4.69) is 10.6 Å². The Morgan fingerprint density at radius 1 is 0.955 bits per heavy atom. The highest BCUT2D eigenvalue weighted by molar-refractivity contribution is 7.92. The van der Waals surface area contributed by atoms with Crippen LogP contribution in [-0.2, 0) is 35.6 Å². The molecule has 0 aromatic heterocycles. The lowest BCUT2D eigenvalue weighted by atomic mass is 9.99. The highest BCUT2D eigenvalue weighted by Gasteiger charge is 2.30. The zero-order valence-corrected chi connectivity index (χ0v) is 25.6. The van der Waals surface area contributed by atoms with Crippen LogP contribution in [0.15, 0.2) is 72.8 Å². The fourth-order valence-electron chi connectivity index (χ4n) is 5.41. The molecule has 3 aromatic carbocycles. The zero-order chi connectivity index (χ0) is 31.7. The number of benzene rings is 3. The number of hydrogen-bond donors (Lipinski definition) is 3. The number of hydrogen-bond acceptors (Lipinski definition) is 5. The van der Waals surface area contributed by atoms with Crippen LogP contribution in [0.3, 0.4) is 0 Å². The lowest BCUT2D eigenvalue weighted by Gasteiger charge is -2.26. The molecule has 1 aliphatic heterocycles. The number of alkyl halides is 3. The summed E-state index contributed by atoms with van der Waals surface area (Å²) in [6, 6.07) is 18.8. The standard InChI is InChI=1S/C33H40F3N3O4S/c1-2-10-25-17-27(21-29(19-25)39-15-7-4-8-16-44(39,42)43)32(41)38-30(20-24-11-5-3-6-12-24)31(40)23-37-22-26-13-9-14-28(18-26)33(34,35)36/h3,5-6,9,11-14,17-19,21,30-31,37,40H,2,4,7-8,10,15-16,20,22-23H2,1H3,(H,38,41)/t30-,31+/m0/s1. The van der Waals surface area contributed by atoms with Crippen molar-refractivity contribution in [1.82, 2.24) is 10.6 Å². The van der Waals surface area contributed by atoms with E-state index in [-0.39, 0.29) is 18.8 Å². The molecule has 0 unspecified atom stereocenters. The van der Waals surface area contributed by atoms with Gasteiger partial charge in [0.2, 0.25) is 10.0 Å². The summed E-state index contributed by atoms with van der Waals surface area (Å²) in [4.78, 5) is 13.7. The second kappa shape index (κ2) is 15.0. The van der Waals surface area contributed by atoms with Crippen molar-refractivity contribution in [2.24, 2.45) is 0 Å². The second-order valence-corrected chi connectivity index (χ2v) is 13.3. The van der Waals surface area contributed by atoms with Crippen molar-refractivity contribution >= 4 is 21.6 Å². The molecule has 2 atom stereocenters. The molecule has 0 spiro atoms. The van der Waals surface area contributed by atoms with Gasteiger partial charge in [-0.2, -0.15) is 13.2 Å².